The summed E-state index contributed by atoms with van der Waals surface area (Å²) in [6, 6.07) is 12.9. The van der Waals surface area contributed by atoms with E-state index in [4.69, 9.17) is 4.74 Å². The van der Waals surface area contributed by atoms with Crippen LogP contribution in [0.2, 0.25) is 0 Å². The van der Waals surface area contributed by atoms with Crippen LogP contribution in [0.15, 0.2) is 48.5 Å². The molecule has 1 saturated carbocycles. The van der Waals surface area contributed by atoms with Gasteiger partial charge in [-0.1, -0.05) is 37.1 Å². The summed E-state index contributed by atoms with van der Waals surface area (Å²) in [5.74, 6) is 0.652. The number of hydrogen-bond acceptors (Lipinski definition) is 3. The molecule has 3 atom stereocenters. The molecule has 1 aliphatic rings. The normalized spacial score (nSPS) is 22.6. The highest BCUT2D eigenvalue weighted by atomic mass is 35.5. The van der Waals surface area contributed by atoms with Gasteiger partial charge in [-0.25, -0.2) is 0 Å². The van der Waals surface area contributed by atoms with Gasteiger partial charge in [0.1, 0.15) is 5.75 Å². The lowest BCUT2D eigenvalue weighted by Gasteiger charge is -2.46. The molecule has 3 nitrogen and oxygen atoms in total. The van der Waals surface area contributed by atoms with Gasteiger partial charge in [-0.3, -0.25) is 0 Å². The minimum Gasteiger partial charge on any atom is -0.497 e. The third kappa shape index (κ3) is 5.93. The maximum Gasteiger partial charge on any atom is 0.416 e. The molecule has 3 rings (SSSR count). The van der Waals surface area contributed by atoms with Gasteiger partial charge in [0.05, 0.1) is 18.3 Å². The Morgan fingerprint density at radius 1 is 1.13 bits per heavy atom. The van der Waals surface area contributed by atoms with Crippen molar-refractivity contribution in [1.82, 2.24) is 4.90 Å². The first-order chi connectivity index (χ1) is 14.1. The van der Waals surface area contributed by atoms with Crippen LogP contribution in [0.5, 0.6) is 5.75 Å². The number of alkyl halides is 3. The Labute approximate surface area is 188 Å². The molecule has 1 N–H and O–H groups in total. The van der Waals surface area contributed by atoms with Gasteiger partial charge in [0.15, 0.2) is 0 Å². The molecule has 0 amide bonds. The second-order valence-electron chi connectivity index (χ2n) is 8.51. The van der Waals surface area contributed by atoms with Crippen LogP contribution in [-0.4, -0.2) is 36.8 Å². The van der Waals surface area contributed by atoms with Crippen molar-refractivity contribution in [2.75, 3.05) is 21.2 Å². The average molecular weight is 458 g/mol. The van der Waals surface area contributed by atoms with Gasteiger partial charge in [0.2, 0.25) is 0 Å². The molecule has 2 aromatic carbocycles. The fourth-order valence-corrected chi connectivity index (χ4v) is 4.82. The number of halogens is 4. The van der Waals surface area contributed by atoms with E-state index in [1.165, 1.54) is 0 Å². The number of hydrogen-bond donors (Lipinski definition) is 1. The lowest BCUT2D eigenvalue weighted by Crippen LogP contribution is -2.48. The van der Waals surface area contributed by atoms with E-state index >= 15 is 0 Å². The van der Waals surface area contributed by atoms with Crippen molar-refractivity contribution >= 4 is 12.4 Å². The molecule has 0 spiro atoms. The SMILES string of the molecule is COc1cccc(CC2(O)CCCCC2C(c2ccc(C(F)(F)F)cc2)N(C)C)c1.Cl. The van der Waals surface area contributed by atoms with Crippen LogP contribution < -0.4 is 4.74 Å². The first-order valence-corrected chi connectivity index (χ1v) is 10.3. The fraction of sp³-hybridized carbons (Fsp3) is 0.500. The molecule has 3 unspecified atom stereocenters. The molecule has 0 bridgehead atoms. The maximum absolute atomic E-state index is 13.0. The lowest BCUT2D eigenvalue weighted by molar-refractivity contribution is -0.137. The van der Waals surface area contributed by atoms with Crippen molar-refractivity contribution in [2.24, 2.45) is 5.92 Å². The van der Waals surface area contributed by atoms with E-state index in [1.54, 1.807) is 19.2 Å². The quantitative estimate of drug-likeness (QED) is 0.586. The summed E-state index contributed by atoms with van der Waals surface area (Å²) in [5.41, 5.74) is 0.194. The van der Waals surface area contributed by atoms with Crippen LogP contribution in [0, 0.1) is 5.92 Å². The van der Waals surface area contributed by atoms with E-state index in [9.17, 15) is 18.3 Å². The second-order valence-corrected chi connectivity index (χ2v) is 8.51. The maximum atomic E-state index is 13.0. The van der Waals surface area contributed by atoms with Crippen LogP contribution in [-0.2, 0) is 12.6 Å². The smallest absolute Gasteiger partial charge is 0.416 e. The number of benzene rings is 2. The van der Waals surface area contributed by atoms with Gasteiger partial charge in [-0.15, -0.1) is 12.4 Å². The fourth-order valence-electron chi connectivity index (χ4n) is 4.82. The molecule has 1 fully saturated rings. The van der Waals surface area contributed by atoms with E-state index in [1.807, 2.05) is 43.3 Å². The Hall–Kier alpha value is -1.76. The molecule has 31 heavy (non-hydrogen) atoms. The van der Waals surface area contributed by atoms with Crippen molar-refractivity contribution in [3.63, 3.8) is 0 Å². The second kappa shape index (κ2) is 10.2. The molecule has 1 aliphatic carbocycles. The molecular formula is C24H31ClF3NO2. The minimum absolute atomic E-state index is 0. The van der Waals surface area contributed by atoms with E-state index in [-0.39, 0.29) is 24.4 Å². The molecule has 2 aromatic rings. The topological polar surface area (TPSA) is 32.7 Å². The van der Waals surface area contributed by atoms with Gasteiger partial charge < -0.3 is 14.7 Å². The van der Waals surface area contributed by atoms with Crippen molar-refractivity contribution in [2.45, 2.75) is 49.9 Å². The molecule has 0 radical (unpaired) electrons. The Kier molecular flexibility index (Phi) is 8.42. The monoisotopic (exact) mass is 457 g/mol. The molecule has 0 aromatic heterocycles. The highest BCUT2D eigenvalue weighted by Crippen LogP contribution is 2.45. The molecule has 0 aliphatic heterocycles. The zero-order valence-electron chi connectivity index (χ0n) is 18.2. The van der Waals surface area contributed by atoms with Crippen molar-refractivity contribution < 1.29 is 23.0 Å². The minimum atomic E-state index is -4.36. The van der Waals surface area contributed by atoms with Gasteiger partial charge in [0.25, 0.3) is 0 Å². The summed E-state index contributed by atoms with van der Waals surface area (Å²) in [7, 11) is 5.45. The van der Waals surface area contributed by atoms with E-state index < -0.39 is 17.3 Å². The number of rotatable bonds is 6. The van der Waals surface area contributed by atoms with Gasteiger partial charge in [-0.2, -0.15) is 13.2 Å². The zero-order valence-corrected chi connectivity index (χ0v) is 19.0. The number of nitrogens with zero attached hydrogens (tertiary/aromatic N) is 1. The first kappa shape index (κ1) is 25.5. The van der Waals surface area contributed by atoms with Crippen molar-refractivity contribution in [3.05, 3.63) is 65.2 Å². The molecule has 172 valence electrons. The predicted octanol–water partition coefficient (Wildman–Crippen LogP) is 5.90. The van der Waals surface area contributed by atoms with Gasteiger partial charge in [0, 0.05) is 18.4 Å². The third-order valence-corrected chi connectivity index (χ3v) is 6.23. The highest BCUT2D eigenvalue weighted by molar-refractivity contribution is 5.85. The van der Waals surface area contributed by atoms with Gasteiger partial charge >= 0.3 is 6.18 Å². The largest absolute Gasteiger partial charge is 0.497 e. The van der Waals surface area contributed by atoms with Crippen molar-refractivity contribution in [1.29, 1.82) is 0 Å². The molecule has 7 heteroatoms. The number of ether oxygens (including phenoxy) is 1. The van der Waals surface area contributed by atoms with Gasteiger partial charge in [-0.05, 0) is 62.3 Å². The molecule has 0 heterocycles. The van der Waals surface area contributed by atoms with Crippen LogP contribution in [0.3, 0.4) is 0 Å². The predicted molar refractivity (Wildman–Crippen MR) is 119 cm³/mol. The first-order valence-electron chi connectivity index (χ1n) is 10.3. The van der Waals surface area contributed by atoms with Crippen molar-refractivity contribution in [3.8, 4) is 5.75 Å². The Bertz CT molecular complexity index is 841. The average Bonchev–Trinajstić information content (AvgIpc) is 2.69. The highest BCUT2D eigenvalue weighted by Gasteiger charge is 2.44. The summed E-state index contributed by atoms with van der Waals surface area (Å²) in [5, 5.41) is 11.8. The zero-order chi connectivity index (χ0) is 21.9. The number of methoxy groups -OCH3 is 1. The lowest BCUT2D eigenvalue weighted by atomic mass is 9.67. The number of aliphatic hydroxyl groups is 1. The third-order valence-electron chi connectivity index (χ3n) is 6.23. The summed E-state index contributed by atoms with van der Waals surface area (Å²) in [4.78, 5) is 2.01. The molecular weight excluding hydrogens is 427 g/mol. The molecule has 0 saturated heterocycles. The van der Waals surface area contributed by atoms with E-state index in [0.717, 1.165) is 48.3 Å². The Balaban J connectivity index is 0.00000341. The van der Waals surface area contributed by atoms with E-state index in [2.05, 4.69) is 0 Å². The summed E-state index contributed by atoms with van der Waals surface area (Å²) >= 11 is 0. The van der Waals surface area contributed by atoms with Crippen LogP contribution in [0.4, 0.5) is 13.2 Å². The standard InChI is InChI=1S/C24H30F3NO2.ClH/c1-28(2)22(18-10-12-19(13-11-18)24(25,26)27)21-9-4-5-14-23(21,29)16-17-7-6-8-20(15-17)30-3;/h6-8,10-13,15,21-22,29H,4-5,9,14,16H2,1-3H3;1H. The summed E-state index contributed by atoms with van der Waals surface area (Å²) < 4.78 is 44.3. The Morgan fingerprint density at radius 2 is 1.81 bits per heavy atom. The van der Waals surface area contributed by atoms with E-state index in [0.29, 0.717) is 12.8 Å². The van der Waals surface area contributed by atoms with Crippen LogP contribution in [0.25, 0.3) is 0 Å². The summed E-state index contributed by atoms with van der Waals surface area (Å²) in [6.07, 6.45) is -0.450. The van der Waals surface area contributed by atoms with Crippen LogP contribution in [0.1, 0.15) is 48.4 Å². The van der Waals surface area contributed by atoms with Crippen LogP contribution >= 0.6 is 12.4 Å². The summed E-state index contributed by atoms with van der Waals surface area (Å²) in [6.45, 7) is 0. The Morgan fingerprint density at radius 3 is 2.39 bits per heavy atom.